The Bertz CT molecular complexity index is 651. The molecule has 8 heteroatoms. The number of nitrogens with zero attached hydrogens (tertiary/aromatic N) is 2. The predicted molar refractivity (Wildman–Crippen MR) is 80.7 cm³/mol. The fourth-order valence-electron chi connectivity index (χ4n) is 2.76. The topological polar surface area (TPSA) is 66.9 Å². The maximum atomic E-state index is 12.9. The van der Waals surface area contributed by atoms with E-state index in [1.54, 1.807) is 12.1 Å². The Morgan fingerprint density at radius 1 is 1.35 bits per heavy atom. The van der Waals surface area contributed by atoms with Crippen LogP contribution in [0.3, 0.4) is 0 Å². The van der Waals surface area contributed by atoms with E-state index < -0.39 is 17.4 Å². The Labute approximate surface area is 136 Å². The largest absolute Gasteiger partial charge is 0.467 e. The monoisotopic (exact) mass is 338 g/mol. The van der Waals surface area contributed by atoms with Crippen molar-refractivity contribution in [1.82, 2.24) is 9.80 Å². The Hall–Kier alpha value is -2.09. The molecule has 23 heavy (non-hydrogen) atoms. The number of methoxy groups -OCH3 is 1. The van der Waals surface area contributed by atoms with Gasteiger partial charge in [0.15, 0.2) is 5.37 Å². The maximum Gasteiger partial charge on any atom is 0.339 e. The lowest BCUT2D eigenvalue weighted by molar-refractivity contribution is -0.160. The minimum absolute atomic E-state index is 0.0965. The molecule has 0 saturated carbocycles. The summed E-state index contributed by atoms with van der Waals surface area (Å²) in [6, 6.07) is 5.15. The van der Waals surface area contributed by atoms with Gasteiger partial charge in [-0.1, -0.05) is 12.1 Å². The van der Waals surface area contributed by atoms with E-state index in [1.807, 2.05) is 0 Å². The number of ether oxygens (including phenoxy) is 1. The first-order chi connectivity index (χ1) is 11.0. The van der Waals surface area contributed by atoms with Crippen LogP contribution in [-0.4, -0.2) is 58.4 Å². The van der Waals surface area contributed by atoms with Crippen molar-refractivity contribution in [2.75, 3.05) is 19.4 Å². The van der Waals surface area contributed by atoms with E-state index in [4.69, 9.17) is 0 Å². The Kier molecular flexibility index (Phi) is 4.25. The van der Waals surface area contributed by atoms with Crippen LogP contribution in [-0.2, 0) is 25.7 Å². The zero-order valence-electron chi connectivity index (χ0n) is 12.4. The lowest BCUT2D eigenvalue weighted by Crippen LogP contribution is -2.60. The van der Waals surface area contributed by atoms with Gasteiger partial charge >= 0.3 is 5.97 Å². The number of hydrogen-bond donors (Lipinski definition) is 0. The van der Waals surface area contributed by atoms with Crippen LogP contribution in [0.5, 0.6) is 0 Å². The van der Waals surface area contributed by atoms with Crippen LogP contribution in [0.15, 0.2) is 24.3 Å². The van der Waals surface area contributed by atoms with Crippen LogP contribution in [0.4, 0.5) is 4.39 Å². The van der Waals surface area contributed by atoms with Crippen molar-refractivity contribution in [1.29, 1.82) is 0 Å². The van der Waals surface area contributed by atoms with E-state index in [2.05, 4.69) is 4.74 Å². The molecule has 2 aliphatic heterocycles. The highest BCUT2D eigenvalue weighted by Gasteiger charge is 2.50. The number of carbonyl (C=O) groups is 3. The number of fused-ring (bicyclic) bond motifs is 1. The van der Waals surface area contributed by atoms with Crippen LogP contribution in [0, 0.1) is 5.82 Å². The summed E-state index contributed by atoms with van der Waals surface area (Å²) in [5.74, 6) is -0.991. The molecule has 0 spiro atoms. The van der Waals surface area contributed by atoms with Gasteiger partial charge in [0.25, 0.3) is 0 Å². The second-order valence-corrected chi connectivity index (χ2v) is 6.46. The molecule has 2 atom stereocenters. The van der Waals surface area contributed by atoms with Crippen LogP contribution >= 0.6 is 11.8 Å². The molecule has 0 radical (unpaired) electrons. The van der Waals surface area contributed by atoms with Gasteiger partial charge < -0.3 is 14.5 Å². The van der Waals surface area contributed by atoms with E-state index >= 15 is 0 Å². The van der Waals surface area contributed by atoms with Gasteiger partial charge in [-0.25, -0.2) is 9.18 Å². The standard InChI is InChI=1S/C15H15FN2O4S/c1-22-15(21)14-18-11(8-23-14)13(20)17(7-12(18)19)6-9-2-4-10(16)5-3-9/h2-5,11,14H,6-8H2,1H3/t11-,14+/m1/s1. The van der Waals surface area contributed by atoms with Crippen molar-refractivity contribution in [2.24, 2.45) is 0 Å². The van der Waals surface area contributed by atoms with Crippen molar-refractivity contribution in [3.8, 4) is 0 Å². The SMILES string of the molecule is COC(=O)[C@@H]1SC[C@@H]2C(=O)N(Cc3ccc(F)cc3)CC(=O)N21. The third kappa shape index (κ3) is 2.90. The molecule has 0 N–H and O–H groups in total. The average molecular weight is 338 g/mol. The molecule has 6 nitrogen and oxygen atoms in total. The van der Waals surface area contributed by atoms with Gasteiger partial charge in [-0.3, -0.25) is 9.59 Å². The summed E-state index contributed by atoms with van der Waals surface area (Å²) in [4.78, 5) is 39.4. The highest BCUT2D eigenvalue weighted by molar-refractivity contribution is 8.00. The fraction of sp³-hybridized carbons (Fsp3) is 0.400. The van der Waals surface area contributed by atoms with Crippen molar-refractivity contribution in [3.05, 3.63) is 35.6 Å². The van der Waals surface area contributed by atoms with Gasteiger partial charge in [0, 0.05) is 12.3 Å². The van der Waals surface area contributed by atoms with Gasteiger partial charge in [-0.05, 0) is 17.7 Å². The lowest BCUT2D eigenvalue weighted by Gasteiger charge is -2.37. The van der Waals surface area contributed by atoms with Gasteiger partial charge in [0.1, 0.15) is 18.4 Å². The molecule has 2 heterocycles. The van der Waals surface area contributed by atoms with E-state index in [0.717, 1.165) is 5.56 Å². The first-order valence-corrected chi connectivity index (χ1v) is 8.10. The average Bonchev–Trinajstić information content (AvgIpc) is 2.99. The van der Waals surface area contributed by atoms with E-state index in [9.17, 15) is 18.8 Å². The number of rotatable bonds is 3. The van der Waals surface area contributed by atoms with Gasteiger partial charge in [-0.2, -0.15) is 0 Å². The van der Waals surface area contributed by atoms with E-state index in [1.165, 1.54) is 40.8 Å². The number of piperazine rings is 1. The highest BCUT2D eigenvalue weighted by Crippen LogP contribution is 2.33. The summed E-state index contributed by atoms with van der Waals surface area (Å²) in [7, 11) is 1.26. The summed E-state index contributed by atoms with van der Waals surface area (Å²) >= 11 is 1.23. The third-order valence-electron chi connectivity index (χ3n) is 3.90. The molecular formula is C15H15FN2O4S. The molecule has 0 aromatic heterocycles. The first kappa shape index (κ1) is 15.8. The van der Waals surface area contributed by atoms with Crippen LogP contribution in [0.25, 0.3) is 0 Å². The molecule has 122 valence electrons. The van der Waals surface area contributed by atoms with Crippen molar-refractivity contribution >= 4 is 29.5 Å². The van der Waals surface area contributed by atoms with Crippen LogP contribution in [0.2, 0.25) is 0 Å². The number of benzene rings is 1. The normalized spacial score (nSPS) is 23.9. The molecule has 2 saturated heterocycles. The molecule has 2 aliphatic rings. The number of carbonyl (C=O) groups excluding carboxylic acids is 3. The fourth-order valence-corrected chi connectivity index (χ4v) is 4.09. The molecular weight excluding hydrogens is 323 g/mol. The van der Waals surface area contributed by atoms with E-state index in [0.29, 0.717) is 5.75 Å². The van der Waals surface area contributed by atoms with Gasteiger partial charge in [0.2, 0.25) is 11.8 Å². The smallest absolute Gasteiger partial charge is 0.339 e. The first-order valence-electron chi connectivity index (χ1n) is 7.05. The number of amides is 2. The maximum absolute atomic E-state index is 12.9. The molecule has 0 unspecified atom stereocenters. The lowest BCUT2D eigenvalue weighted by atomic mass is 10.1. The summed E-state index contributed by atoms with van der Waals surface area (Å²) in [5.41, 5.74) is 0.746. The summed E-state index contributed by atoms with van der Waals surface area (Å²) in [6.07, 6.45) is 0. The van der Waals surface area contributed by atoms with Crippen molar-refractivity contribution in [2.45, 2.75) is 18.0 Å². The molecule has 2 fully saturated rings. The number of esters is 1. The molecule has 0 bridgehead atoms. The second kappa shape index (κ2) is 6.19. The van der Waals surface area contributed by atoms with Crippen LogP contribution in [0.1, 0.15) is 5.56 Å². The third-order valence-corrected chi connectivity index (χ3v) is 5.14. The predicted octanol–water partition coefficient (Wildman–Crippen LogP) is 0.611. The summed E-state index contributed by atoms with van der Waals surface area (Å²) in [6.45, 7) is 0.142. The van der Waals surface area contributed by atoms with Crippen LogP contribution < -0.4 is 0 Å². The van der Waals surface area contributed by atoms with E-state index in [-0.39, 0.29) is 30.7 Å². The zero-order valence-corrected chi connectivity index (χ0v) is 13.2. The molecule has 1 aromatic carbocycles. The minimum Gasteiger partial charge on any atom is -0.467 e. The van der Waals surface area contributed by atoms with Gasteiger partial charge in [0.05, 0.1) is 7.11 Å². The Morgan fingerprint density at radius 2 is 2.04 bits per heavy atom. The van der Waals surface area contributed by atoms with Crippen molar-refractivity contribution < 1.29 is 23.5 Å². The Morgan fingerprint density at radius 3 is 2.70 bits per heavy atom. The quantitative estimate of drug-likeness (QED) is 0.756. The Balaban J connectivity index is 1.76. The number of thioether (sulfide) groups is 1. The molecule has 2 amide bonds. The molecule has 1 aromatic rings. The summed E-state index contributed by atoms with van der Waals surface area (Å²) < 4.78 is 17.6. The van der Waals surface area contributed by atoms with Crippen molar-refractivity contribution in [3.63, 3.8) is 0 Å². The second-order valence-electron chi connectivity index (χ2n) is 5.35. The highest BCUT2D eigenvalue weighted by atomic mass is 32.2. The zero-order chi connectivity index (χ0) is 16.6. The minimum atomic E-state index is -0.755. The molecule has 0 aliphatic carbocycles. The number of halogens is 1. The van der Waals surface area contributed by atoms with Gasteiger partial charge in [-0.15, -0.1) is 11.8 Å². The summed E-state index contributed by atoms with van der Waals surface area (Å²) in [5, 5.41) is -0.755. The molecule has 3 rings (SSSR count). The number of hydrogen-bond acceptors (Lipinski definition) is 5.